The van der Waals surface area contributed by atoms with Crippen LogP contribution in [0.25, 0.3) is 11.1 Å². The summed E-state index contributed by atoms with van der Waals surface area (Å²) in [5.41, 5.74) is 2.55. The second kappa shape index (κ2) is 12.8. The van der Waals surface area contributed by atoms with Gasteiger partial charge in [0, 0.05) is 0 Å². The number of hydrogen-bond acceptors (Lipinski definition) is 12. The maximum absolute atomic E-state index is 9.51. The van der Waals surface area contributed by atoms with E-state index in [1.165, 1.54) is 11.1 Å². The molecule has 0 aliphatic heterocycles. The van der Waals surface area contributed by atoms with Gasteiger partial charge in [-0.05, 0) is 11.1 Å². The minimum Gasteiger partial charge on any atom is -0.262 e. The lowest BCUT2D eigenvalue weighted by molar-refractivity contribution is -0.105. The van der Waals surface area contributed by atoms with Gasteiger partial charge in [0.05, 0.1) is 0 Å². The van der Waals surface area contributed by atoms with Gasteiger partial charge in [0.2, 0.25) is 0 Å². The van der Waals surface area contributed by atoms with Crippen LogP contribution in [0.4, 0.5) is 0 Å². The third-order valence-corrected chi connectivity index (χ3v) is 3.41. The average molecular weight is 542 g/mol. The van der Waals surface area contributed by atoms with Crippen molar-refractivity contribution >= 4 is 41.6 Å². The van der Waals surface area contributed by atoms with Crippen LogP contribution in [0.1, 0.15) is 0 Å². The fourth-order valence-corrected chi connectivity index (χ4v) is 2.52. The van der Waals surface area contributed by atoms with Gasteiger partial charge in [-0.1, -0.05) is 78.0 Å². The van der Waals surface area contributed by atoms with Crippen molar-refractivity contribution in [1.82, 2.24) is 0 Å². The fourth-order valence-electron chi connectivity index (χ4n) is 1.40. The summed E-state index contributed by atoms with van der Waals surface area (Å²) in [7, 11) is -20.1. The quantitative estimate of drug-likeness (QED) is 0.210. The Labute approximate surface area is 182 Å². The van der Waals surface area contributed by atoms with Crippen molar-refractivity contribution in [2.75, 3.05) is 0 Å². The second-order valence-electron chi connectivity index (χ2n) is 4.72. The Morgan fingerprint density at radius 2 is 0.594 bits per heavy atom. The largest absolute Gasteiger partial charge is 0.425 e. The molecule has 32 heavy (non-hydrogen) atoms. The van der Waals surface area contributed by atoms with Gasteiger partial charge >= 0.3 is 41.6 Å². The van der Waals surface area contributed by atoms with E-state index in [0.29, 0.717) is 0 Å². The topological polar surface area (TPSA) is 254 Å². The minimum atomic E-state index is -5.02. The van der Waals surface area contributed by atoms with Gasteiger partial charge < -0.3 is 0 Å². The number of benzene rings is 2. The summed E-state index contributed by atoms with van der Waals surface area (Å²) >= 11 is 0. The van der Waals surface area contributed by atoms with Gasteiger partial charge in [0.15, 0.2) is 0 Å². The van der Waals surface area contributed by atoms with Crippen molar-refractivity contribution in [2.24, 2.45) is 0 Å². The molecule has 0 fully saturated rings. The Bertz CT molecular complexity index is 1070. The van der Waals surface area contributed by atoms with E-state index in [9.17, 15) is 33.7 Å². The lowest BCUT2D eigenvalue weighted by Crippen LogP contribution is -2.10. The van der Waals surface area contributed by atoms with E-state index in [0.717, 1.165) is 0 Å². The van der Waals surface area contributed by atoms with Crippen molar-refractivity contribution in [2.45, 2.75) is 0 Å². The van der Waals surface area contributed by atoms with Crippen LogP contribution in [0.3, 0.4) is 0 Å². The Hall–Kier alpha value is -2.08. The van der Waals surface area contributed by atoms with E-state index in [4.69, 9.17) is 18.2 Å². The Balaban J connectivity index is 0.000000455. The first-order chi connectivity index (χ1) is 14.4. The van der Waals surface area contributed by atoms with Crippen molar-refractivity contribution < 1.29 is 69.2 Å². The summed E-state index contributed by atoms with van der Waals surface area (Å²) in [4.78, 5) is 0. The first-order valence-electron chi connectivity index (χ1n) is 7.13. The third-order valence-electron chi connectivity index (χ3n) is 2.28. The van der Waals surface area contributed by atoms with Crippen LogP contribution in [0.2, 0.25) is 0 Å². The summed E-state index contributed by atoms with van der Waals surface area (Å²) in [6.07, 6.45) is 0. The fraction of sp³-hybridized carbons (Fsp3) is 0. The van der Waals surface area contributed by atoms with Gasteiger partial charge in [-0.2, -0.15) is 33.7 Å². The molecular formula is C12H14O16S4. The standard InChI is InChI=1S/C12H10.2H2O8S2/c1-3-7-11(8-4-1)12-9-5-2-6-10-12;2*1-9(2,3)7-8-10(4,5)6/h1-10H;2*(H,1,2,3)(H,4,5,6). The van der Waals surface area contributed by atoms with Crippen molar-refractivity contribution in [3.8, 4) is 11.1 Å². The monoisotopic (exact) mass is 542 g/mol. The molecule has 2 aromatic carbocycles. The zero-order valence-electron chi connectivity index (χ0n) is 15.1. The van der Waals surface area contributed by atoms with E-state index in [1.807, 2.05) is 12.1 Å². The molecule has 0 unspecified atom stereocenters. The van der Waals surface area contributed by atoms with Crippen LogP contribution in [0.5, 0.6) is 0 Å². The molecule has 0 aliphatic carbocycles. The van der Waals surface area contributed by atoms with Gasteiger partial charge in [-0.3, -0.25) is 18.2 Å². The molecule has 4 N–H and O–H groups in total. The van der Waals surface area contributed by atoms with Crippen LogP contribution in [-0.4, -0.2) is 51.9 Å². The molecule has 182 valence electrons. The molecule has 2 rings (SSSR count). The Morgan fingerprint density at radius 3 is 0.750 bits per heavy atom. The smallest absolute Gasteiger partial charge is 0.262 e. The van der Waals surface area contributed by atoms with E-state index in [2.05, 4.69) is 65.9 Å². The second-order valence-corrected chi connectivity index (χ2v) is 8.68. The molecule has 20 heteroatoms. The number of rotatable bonds is 7. The molecule has 0 spiro atoms. The highest BCUT2D eigenvalue weighted by Gasteiger charge is 2.14. The highest BCUT2D eigenvalue weighted by atomic mass is 32.3. The molecule has 0 aliphatic rings. The maximum atomic E-state index is 9.51. The first-order valence-corrected chi connectivity index (χ1v) is 12.6. The molecule has 0 saturated heterocycles. The van der Waals surface area contributed by atoms with E-state index in [-0.39, 0.29) is 0 Å². The molecule has 0 bridgehead atoms. The minimum absolute atomic E-state index is 1.28. The summed E-state index contributed by atoms with van der Waals surface area (Å²) in [5, 5.41) is 0. The normalized spacial score (nSPS) is 12.0. The summed E-state index contributed by atoms with van der Waals surface area (Å²) in [5.74, 6) is 0. The summed E-state index contributed by atoms with van der Waals surface area (Å²) in [6, 6.07) is 20.8. The zero-order valence-corrected chi connectivity index (χ0v) is 18.4. The van der Waals surface area contributed by atoms with Gasteiger partial charge in [-0.15, -0.1) is 0 Å². The van der Waals surface area contributed by atoms with Crippen molar-refractivity contribution in [1.29, 1.82) is 0 Å². The van der Waals surface area contributed by atoms with E-state index >= 15 is 0 Å². The van der Waals surface area contributed by atoms with Crippen LogP contribution in [0, 0.1) is 0 Å². The molecule has 0 aromatic heterocycles. The van der Waals surface area contributed by atoms with Crippen LogP contribution in [0.15, 0.2) is 60.7 Å². The predicted octanol–water partition coefficient (Wildman–Crippen LogP) is 0.434. The Kier molecular flexibility index (Phi) is 12.0. The third kappa shape index (κ3) is 19.9. The van der Waals surface area contributed by atoms with Crippen LogP contribution < -0.4 is 0 Å². The van der Waals surface area contributed by atoms with Crippen LogP contribution in [-0.2, 0) is 58.9 Å². The lowest BCUT2D eigenvalue weighted by Gasteiger charge is -1.98. The van der Waals surface area contributed by atoms with Crippen molar-refractivity contribution in [3.05, 3.63) is 60.7 Å². The molecule has 16 nitrogen and oxygen atoms in total. The van der Waals surface area contributed by atoms with Crippen LogP contribution >= 0.6 is 0 Å². The SMILES string of the molecule is O=S(=O)(O)OOS(=O)(=O)O.O=S(=O)(O)OOS(=O)(=O)O.c1ccc(-c2ccccc2)cc1. The number of hydrogen-bond donors (Lipinski definition) is 4. The molecule has 2 aromatic rings. The molecule has 0 radical (unpaired) electrons. The molecule has 0 heterocycles. The summed E-state index contributed by atoms with van der Waals surface area (Å²) < 4.78 is 118. The maximum Gasteiger partial charge on any atom is 0.425 e. The molecular weight excluding hydrogens is 528 g/mol. The predicted molar refractivity (Wildman–Crippen MR) is 102 cm³/mol. The molecule has 0 amide bonds. The van der Waals surface area contributed by atoms with Gasteiger partial charge in [-0.25, -0.2) is 0 Å². The van der Waals surface area contributed by atoms with E-state index < -0.39 is 41.6 Å². The zero-order chi connectivity index (χ0) is 25.1. The highest BCUT2D eigenvalue weighted by Crippen LogP contribution is 2.17. The highest BCUT2D eigenvalue weighted by molar-refractivity contribution is 7.83. The van der Waals surface area contributed by atoms with E-state index in [1.54, 1.807) is 0 Å². The first kappa shape index (κ1) is 29.9. The molecule has 0 saturated carbocycles. The summed E-state index contributed by atoms with van der Waals surface area (Å²) in [6.45, 7) is 0. The van der Waals surface area contributed by atoms with Gasteiger partial charge in [0.1, 0.15) is 0 Å². The lowest BCUT2D eigenvalue weighted by atomic mass is 10.1. The molecule has 0 atom stereocenters. The Morgan fingerprint density at radius 1 is 0.406 bits per heavy atom. The van der Waals surface area contributed by atoms with Gasteiger partial charge in [0.25, 0.3) is 0 Å². The van der Waals surface area contributed by atoms with Crippen molar-refractivity contribution in [3.63, 3.8) is 0 Å². The average Bonchev–Trinajstić information content (AvgIpc) is 2.65.